The van der Waals surface area contributed by atoms with Gasteiger partial charge in [-0.1, -0.05) is 24.3 Å². The fourth-order valence-electron chi connectivity index (χ4n) is 1.84. The largest absolute Gasteiger partial charge is 0.480 e. The molecule has 0 bridgehead atoms. The molecular formula is C18H22N2O6. The Morgan fingerprint density at radius 1 is 1.27 bits per heavy atom. The number of aliphatic carboxylic acids is 1. The number of hydrogen-bond donors (Lipinski definition) is 2. The number of allylic oxidation sites excluding steroid dienone is 2. The van der Waals surface area contributed by atoms with Gasteiger partial charge < -0.3 is 15.2 Å². The van der Waals surface area contributed by atoms with Crippen LogP contribution in [0.4, 0.5) is 10.5 Å². The summed E-state index contributed by atoms with van der Waals surface area (Å²) in [4.78, 5) is 32.9. The molecule has 1 aromatic carbocycles. The van der Waals surface area contributed by atoms with Crippen LogP contribution in [0.15, 0.2) is 42.5 Å². The van der Waals surface area contributed by atoms with E-state index in [-0.39, 0.29) is 12.1 Å². The number of rotatable bonds is 7. The Morgan fingerprint density at radius 3 is 2.38 bits per heavy atom. The highest BCUT2D eigenvalue weighted by atomic mass is 16.6. The van der Waals surface area contributed by atoms with Gasteiger partial charge in [0.05, 0.1) is 4.92 Å². The van der Waals surface area contributed by atoms with Gasteiger partial charge in [-0.25, -0.2) is 9.59 Å². The molecule has 0 aliphatic carbocycles. The van der Waals surface area contributed by atoms with Gasteiger partial charge >= 0.3 is 12.1 Å². The number of nitrogens with one attached hydrogen (secondary N) is 1. The van der Waals surface area contributed by atoms with Crippen LogP contribution in [0, 0.1) is 10.1 Å². The standard InChI is InChI=1S/C18H22N2O6/c1-18(2,3)26-17(23)19-15(16(21)22)8-6-4-5-7-13-9-11-14(12-10-13)20(24)25/h4-7,9-12,15H,8H2,1-3H3,(H,19,23)(H,21,22)/b6-4+,7-5+/t15-/m0/s1. The molecule has 8 heteroatoms. The minimum Gasteiger partial charge on any atom is -0.480 e. The average molecular weight is 362 g/mol. The molecular weight excluding hydrogens is 340 g/mol. The fourth-order valence-corrected chi connectivity index (χ4v) is 1.84. The number of hydrogen-bond acceptors (Lipinski definition) is 5. The summed E-state index contributed by atoms with van der Waals surface area (Å²) in [5, 5.41) is 22.0. The third-order valence-corrected chi connectivity index (χ3v) is 3.00. The van der Waals surface area contributed by atoms with Crippen molar-refractivity contribution in [2.45, 2.75) is 38.8 Å². The quantitative estimate of drug-likeness (QED) is 0.435. The molecule has 0 aliphatic rings. The van der Waals surface area contributed by atoms with E-state index in [1.165, 1.54) is 12.1 Å². The lowest BCUT2D eigenvalue weighted by Crippen LogP contribution is -2.43. The minimum atomic E-state index is -1.17. The van der Waals surface area contributed by atoms with Gasteiger partial charge in [-0.15, -0.1) is 0 Å². The van der Waals surface area contributed by atoms with E-state index < -0.39 is 28.6 Å². The summed E-state index contributed by atoms with van der Waals surface area (Å²) in [5.74, 6) is -1.17. The zero-order valence-electron chi connectivity index (χ0n) is 14.8. The number of nitrogens with zero attached hydrogens (tertiary/aromatic N) is 1. The van der Waals surface area contributed by atoms with Crippen LogP contribution >= 0.6 is 0 Å². The average Bonchev–Trinajstić information content (AvgIpc) is 2.52. The van der Waals surface area contributed by atoms with E-state index in [9.17, 15) is 19.7 Å². The Morgan fingerprint density at radius 2 is 1.88 bits per heavy atom. The van der Waals surface area contributed by atoms with Crippen LogP contribution in [0.1, 0.15) is 32.8 Å². The van der Waals surface area contributed by atoms with Crippen molar-refractivity contribution in [1.82, 2.24) is 5.32 Å². The maximum atomic E-state index is 11.6. The number of carbonyl (C=O) groups excluding carboxylic acids is 1. The molecule has 26 heavy (non-hydrogen) atoms. The fraction of sp³-hybridized carbons (Fsp3) is 0.333. The predicted molar refractivity (Wildman–Crippen MR) is 96.7 cm³/mol. The summed E-state index contributed by atoms with van der Waals surface area (Å²) in [6.07, 6.45) is 5.91. The highest BCUT2D eigenvalue weighted by molar-refractivity contribution is 5.80. The number of nitro groups is 1. The van der Waals surface area contributed by atoms with E-state index in [2.05, 4.69) is 5.32 Å². The number of nitro benzene ring substituents is 1. The van der Waals surface area contributed by atoms with Crippen LogP contribution in [0.2, 0.25) is 0 Å². The van der Waals surface area contributed by atoms with Gasteiger partial charge in [-0.3, -0.25) is 10.1 Å². The van der Waals surface area contributed by atoms with Gasteiger partial charge in [0.25, 0.3) is 5.69 Å². The molecule has 1 rings (SSSR count). The number of carboxylic acids is 1. The van der Waals surface area contributed by atoms with Crippen molar-refractivity contribution in [3.63, 3.8) is 0 Å². The number of non-ortho nitro benzene ring substituents is 1. The molecule has 0 aromatic heterocycles. The number of ether oxygens (including phenoxy) is 1. The normalized spacial score (nSPS) is 12.9. The molecule has 1 atom stereocenters. The molecule has 0 saturated carbocycles. The molecule has 0 unspecified atom stereocenters. The Hall–Kier alpha value is -3.16. The topological polar surface area (TPSA) is 119 Å². The molecule has 0 saturated heterocycles. The lowest BCUT2D eigenvalue weighted by atomic mass is 10.1. The number of amides is 1. The summed E-state index contributed by atoms with van der Waals surface area (Å²) in [6.45, 7) is 5.06. The molecule has 0 radical (unpaired) electrons. The summed E-state index contributed by atoms with van der Waals surface area (Å²) in [6, 6.07) is 4.90. The van der Waals surface area contributed by atoms with Crippen molar-refractivity contribution in [3.8, 4) is 0 Å². The molecule has 2 N–H and O–H groups in total. The van der Waals surface area contributed by atoms with Gasteiger partial charge in [-0.2, -0.15) is 0 Å². The molecule has 0 heterocycles. The third-order valence-electron chi connectivity index (χ3n) is 3.00. The van der Waals surface area contributed by atoms with Crippen LogP contribution in [-0.2, 0) is 9.53 Å². The first-order chi connectivity index (χ1) is 12.1. The van der Waals surface area contributed by atoms with Gasteiger partial charge in [0.15, 0.2) is 0 Å². The van der Waals surface area contributed by atoms with E-state index in [1.807, 2.05) is 0 Å². The summed E-state index contributed by atoms with van der Waals surface area (Å²) in [5.41, 5.74) is 0.0633. The maximum absolute atomic E-state index is 11.6. The second-order valence-electron chi connectivity index (χ2n) is 6.41. The van der Waals surface area contributed by atoms with Crippen molar-refractivity contribution < 1.29 is 24.4 Å². The lowest BCUT2D eigenvalue weighted by Gasteiger charge is -2.21. The molecule has 0 spiro atoms. The Labute approximate surface area is 151 Å². The zero-order valence-corrected chi connectivity index (χ0v) is 14.8. The molecule has 8 nitrogen and oxygen atoms in total. The van der Waals surface area contributed by atoms with Gasteiger partial charge in [0.2, 0.25) is 0 Å². The first-order valence-electron chi connectivity index (χ1n) is 7.88. The van der Waals surface area contributed by atoms with Crippen LogP contribution < -0.4 is 5.32 Å². The molecule has 140 valence electrons. The Bertz CT molecular complexity index is 701. The summed E-state index contributed by atoms with van der Waals surface area (Å²) >= 11 is 0. The van der Waals surface area contributed by atoms with Crippen molar-refractivity contribution >= 4 is 23.8 Å². The second-order valence-corrected chi connectivity index (χ2v) is 6.41. The van der Waals surface area contributed by atoms with Gasteiger partial charge in [0.1, 0.15) is 11.6 Å². The minimum absolute atomic E-state index is 0.00945. The highest BCUT2D eigenvalue weighted by Gasteiger charge is 2.22. The number of carbonyl (C=O) groups is 2. The lowest BCUT2D eigenvalue weighted by molar-refractivity contribution is -0.384. The van der Waals surface area contributed by atoms with E-state index in [0.29, 0.717) is 0 Å². The number of benzene rings is 1. The van der Waals surface area contributed by atoms with Crippen LogP contribution in [0.25, 0.3) is 6.08 Å². The van der Waals surface area contributed by atoms with E-state index in [1.54, 1.807) is 57.2 Å². The molecule has 1 aromatic rings. The van der Waals surface area contributed by atoms with E-state index in [0.717, 1.165) is 5.56 Å². The maximum Gasteiger partial charge on any atom is 0.408 e. The van der Waals surface area contributed by atoms with Crippen LogP contribution in [0.3, 0.4) is 0 Å². The van der Waals surface area contributed by atoms with E-state index >= 15 is 0 Å². The molecule has 0 aliphatic heterocycles. The predicted octanol–water partition coefficient (Wildman–Crippen LogP) is 3.53. The molecule has 0 fully saturated rings. The van der Waals surface area contributed by atoms with Gasteiger partial charge in [0, 0.05) is 12.1 Å². The SMILES string of the molecule is CC(C)(C)OC(=O)N[C@@H](C/C=C/C=C/c1ccc([N+](=O)[O-])cc1)C(=O)O. The summed E-state index contributed by atoms with van der Waals surface area (Å²) in [7, 11) is 0. The highest BCUT2D eigenvalue weighted by Crippen LogP contribution is 2.13. The second kappa shape index (κ2) is 9.36. The smallest absolute Gasteiger partial charge is 0.408 e. The van der Waals surface area contributed by atoms with Crippen molar-refractivity contribution in [1.29, 1.82) is 0 Å². The van der Waals surface area contributed by atoms with Crippen LogP contribution in [-0.4, -0.2) is 33.7 Å². The van der Waals surface area contributed by atoms with E-state index in [4.69, 9.17) is 9.84 Å². The number of alkyl carbamates (subject to hydrolysis) is 1. The number of carboxylic acid groups (broad SMARTS) is 1. The van der Waals surface area contributed by atoms with Crippen molar-refractivity contribution in [2.75, 3.05) is 0 Å². The van der Waals surface area contributed by atoms with Crippen molar-refractivity contribution in [2.24, 2.45) is 0 Å². The Balaban J connectivity index is 2.56. The Kier molecular flexibility index (Phi) is 7.52. The first kappa shape index (κ1) is 20.9. The first-order valence-corrected chi connectivity index (χ1v) is 7.88. The third kappa shape index (κ3) is 8.09. The van der Waals surface area contributed by atoms with Crippen molar-refractivity contribution in [3.05, 3.63) is 58.2 Å². The summed E-state index contributed by atoms with van der Waals surface area (Å²) < 4.78 is 5.03. The van der Waals surface area contributed by atoms with Crippen LogP contribution in [0.5, 0.6) is 0 Å². The van der Waals surface area contributed by atoms with Gasteiger partial charge in [-0.05, 0) is 44.9 Å². The monoisotopic (exact) mass is 362 g/mol. The molecule has 1 amide bonds. The zero-order chi connectivity index (χ0) is 19.7.